The maximum atomic E-state index is 10.7. The van der Waals surface area contributed by atoms with E-state index in [-0.39, 0.29) is 6.54 Å². The van der Waals surface area contributed by atoms with E-state index in [1.54, 1.807) is 17.8 Å². The molecule has 3 N–H and O–H groups in total. The van der Waals surface area contributed by atoms with Gasteiger partial charge in [-0.1, -0.05) is 13.3 Å². The van der Waals surface area contributed by atoms with Crippen LogP contribution >= 0.6 is 0 Å². The summed E-state index contributed by atoms with van der Waals surface area (Å²) >= 11 is 0. The van der Waals surface area contributed by atoms with Gasteiger partial charge in [0, 0.05) is 38.4 Å². The van der Waals surface area contributed by atoms with Crippen LogP contribution in [0.5, 0.6) is 0 Å². The third-order valence-electron chi connectivity index (χ3n) is 4.85. The Kier molecular flexibility index (Phi) is 7.90. The van der Waals surface area contributed by atoms with Crippen molar-refractivity contribution in [1.82, 2.24) is 25.3 Å². The monoisotopic (exact) mass is 364 g/mol. The van der Waals surface area contributed by atoms with Crippen molar-refractivity contribution in [2.45, 2.75) is 45.6 Å². The minimum atomic E-state index is -1.03. The summed E-state index contributed by atoms with van der Waals surface area (Å²) < 4.78 is 1.69. The van der Waals surface area contributed by atoms with Gasteiger partial charge in [-0.3, -0.25) is 4.68 Å². The lowest BCUT2D eigenvalue weighted by Crippen LogP contribution is -2.43. The molecule has 7 nitrogen and oxygen atoms in total. The quantitative estimate of drug-likeness (QED) is 0.479. The first kappa shape index (κ1) is 20.7. The molecule has 0 amide bonds. The molecule has 2 unspecified atom stereocenters. The van der Waals surface area contributed by atoms with Crippen molar-refractivity contribution in [3.05, 3.63) is 18.0 Å². The Morgan fingerprint density at radius 1 is 1.35 bits per heavy atom. The van der Waals surface area contributed by atoms with Gasteiger partial charge in [-0.15, -0.1) is 0 Å². The minimum Gasteiger partial charge on any atom is -0.383 e. The van der Waals surface area contributed by atoms with Crippen LogP contribution in [0, 0.1) is 5.92 Å². The molecule has 2 rings (SSSR count). The fraction of sp³-hybridized carbons (Fsp3) is 0.789. The Labute approximate surface area is 157 Å². The van der Waals surface area contributed by atoms with Crippen LogP contribution in [-0.4, -0.2) is 65.0 Å². The van der Waals surface area contributed by atoms with Gasteiger partial charge in [-0.25, -0.2) is 4.99 Å². The Bertz CT molecular complexity index is 562. The van der Waals surface area contributed by atoms with Crippen LogP contribution in [0.2, 0.25) is 0 Å². The smallest absolute Gasteiger partial charge is 0.191 e. The van der Waals surface area contributed by atoms with E-state index >= 15 is 0 Å². The molecule has 7 heteroatoms. The maximum Gasteiger partial charge on any atom is 0.191 e. The van der Waals surface area contributed by atoms with E-state index in [4.69, 9.17) is 0 Å². The van der Waals surface area contributed by atoms with Gasteiger partial charge in [0.05, 0.1) is 12.7 Å². The van der Waals surface area contributed by atoms with E-state index < -0.39 is 5.60 Å². The topological polar surface area (TPSA) is 77.7 Å². The molecule has 0 aliphatic carbocycles. The molecule has 2 heterocycles. The van der Waals surface area contributed by atoms with Gasteiger partial charge in [0.2, 0.25) is 0 Å². The molecule has 26 heavy (non-hydrogen) atoms. The number of likely N-dealkylation sites (tertiary alicyclic amines) is 1. The van der Waals surface area contributed by atoms with Crippen LogP contribution in [0.25, 0.3) is 0 Å². The van der Waals surface area contributed by atoms with Gasteiger partial charge in [-0.05, 0) is 45.7 Å². The zero-order valence-corrected chi connectivity index (χ0v) is 16.8. The summed E-state index contributed by atoms with van der Waals surface area (Å²) in [5.74, 6) is 1.30. The highest BCUT2D eigenvalue weighted by Gasteiger charge is 2.24. The van der Waals surface area contributed by atoms with E-state index in [1.165, 1.54) is 32.4 Å². The third-order valence-corrected chi connectivity index (χ3v) is 4.85. The average Bonchev–Trinajstić information content (AvgIpc) is 3.06. The van der Waals surface area contributed by atoms with E-state index in [0.717, 1.165) is 31.2 Å². The zero-order valence-electron chi connectivity index (χ0n) is 16.8. The molecule has 1 aliphatic heterocycles. The summed E-state index contributed by atoms with van der Waals surface area (Å²) in [5, 5.41) is 21.5. The van der Waals surface area contributed by atoms with E-state index in [1.807, 2.05) is 20.2 Å². The number of rotatable bonds is 8. The molecule has 0 aromatic carbocycles. The lowest BCUT2D eigenvalue weighted by molar-refractivity contribution is 0.0671. The number of aromatic nitrogens is 2. The van der Waals surface area contributed by atoms with E-state index in [0.29, 0.717) is 5.92 Å². The normalized spacial score (nSPS) is 19.8. The highest BCUT2D eigenvalue weighted by molar-refractivity contribution is 5.79. The van der Waals surface area contributed by atoms with Crippen molar-refractivity contribution in [2.24, 2.45) is 18.0 Å². The molecule has 1 aliphatic rings. The predicted molar refractivity (Wildman–Crippen MR) is 106 cm³/mol. The van der Waals surface area contributed by atoms with Crippen molar-refractivity contribution in [2.75, 3.05) is 39.3 Å². The predicted octanol–water partition coefficient (Wildman–Crippen LogP) is 1.30. The average molecular weight is 365 g/mol. The van der Waals surface area contributed by atoms with Crippen LogP contribution in [0.4, 0.5) is 0 Å². The number of piperidine rings is 1. The summed E-state index contributed by atoms with van der Waals surface area (Å²) in [6.45, 7) is 11.6. The van der Waals surface area contributed by atoms with E-state index in [9.17, 15) is 5.11 Å². The summed E-state index contributed by atoms with van der Waals surface area (Å²) in [6, 6.07) is 0. The van der Waals surface area contributed by atoms with Crippen LogP contribution < -0.4 is 10.6 Å². The molecule has 0 saturated carbocycles. The maximum absolute atomic E-state index is 10.7. The number of aliphatic imine (C=N–C) groups is 1. The molecule has 2 atom stereocenters. The lowest BCUT2D eigenvalue weighted by atomic mass is 10.0. The standard InChI is InChI=1S/C19H36N6O/c1-5-20-18(21-11-16(2)13-25-9-7-6-8-10-25)22-15-19(3,26)17-12-23-24(4)14-17/h12,14,16,26H,5-11,13,15H2,1-4H3,(H2,20,21,22). The Hall–Kier alpha value is -1.60. The second-order valence-corrected chi connectivity index (χ2v) is 7.72. The molecular formula is C19H36N6O. The molecule has 1 aromatic rings. The third kappa shape index (κ3) is 6.61. The van der Waals surface area contributed by atoms with Crippen molar-refractivity contribution >= 4 is 5.96 Å². The number of hydrogen-bond donors (Lipinski definition) is 3. The van der Waals surface area contributed by atoms with Gasteiger partial charge in [0.15, 0.2) is 5.96 Å². The van der Waals surface area contributed by atoms with E-state index in [2.05, 4.69) is 32.5 Å². The summed E-state index contributed by atoms with van der Waals surface area (Å²) in [7, 11) is 1.85. The number of nitrogens with zero attached hydrogens (tertiary/aromatic N) is 4. The van der Waals surface area contributed by atoms with Crippen LogP contribution in [-0.2, 0) is 12.6 Å². The summed E-state index contributed by atoms with van der Waals surface area (Å²) in [4.78, 5) is 7.15. The van der Waals surface area contributed by atoms with Crippen molar-refractivity contribution in [3.8, 4) is 0 Å². The second kappa shape index (κ2) is 9.92. The largest absolute Gasteiger partial charge is 0.383 e. The number of aryl methyl sites for hydroxylation is 1. The Morgan fingerprint density at radius 3 is 2.69 bits per heavy atom. The lowest BCUT2D eigenvalue weighted by Gasteiger charge is -2.29. The van der Waals surface area contributed by atoms with Crippen molar-refractivity contribution in [3.63, 3.8) is 0 Å². The molecule has 1 saturated heterocycles. The first-order valence-corrected chi connectivity index (χ1v) is 9.86. The van der Waals surface area contributed by atoms with Crippen LogP contribution in [0.3, 0.4) is 0 Å². The van der Waals surface area contributed by atoms with Gasteiger partial charge < -0.3 is 20.6 Å². The highest BCUT2D eigenvalue weighted by Crippen LogP contribution is 2.19. The number of nitrogens with one attached hydrogen (secondary N) is 2. The summed E-state index contributed by atoms with van der Waals surface area (Å²) in [6.07, 6.45) is 7.55. The van der Waals surface area contributed by atoms with Gasteiger partial charge in [-0.2, -0.15) is 5.10 Å². The fourth-order valence-electron chi connectivity index (χ4n) is 3.28. The van der Waals surface area contributed by atoms with Crippen LogP contribution in [0.15, 0.2) is 17.4 Å². The molecule has 1 aromatic heterocycles. The zero-order chi connectivity index (χ0) is 19.0. The first-order chi connectivity index (χ1) is 12.4. The molecular weight excluding hydrogens is 328 g/mol. The number of hydrogen-bond acceptors (Lipinski definition) is 4. The first-order valence-electron chi connectivity index (χ1n) is 9.86. The number of aliphatic hydroxyl groups is 1. The van der Waals surface area contributed by atoms with Crippen molar-refractivity contribution in [1.29, 1.82) is 0 Å². The highest BCUT2D eigenvalue weighted by atomic mass is 16.3. The van der Waals surface area contributed by atoms with Crippen molar-refractivity contribution < 1.29 is 5.11 Å². The van der Waals surface area contributed by atoms with Gasteiger partial charge in [0.25, 0.3) is 0 Å². The molecule has 0 bridgehead atoms. The minimum absolute atomic E-state index is 0.286. The second-order valence-electron chi connectivity index (χ2n) is 7.72. The Balaban J connectivity index is 1.85. The SMILES string of the molecule is CCNC(=NCC(C)(O)c1cnn(C)c1)NCC(C)CN1CCCCC1. The molecule has 0 spiro atoms. The molecule has 148 valence electrons. The van der Waals surface area contributed by atoms with Crippen LogP contribution in [0.1, 0.15) is 45.6 Å². The fourth-order valence-corrected chi connectivity index (χ4v) is 3.28. The molecule has 0 radical (unpaired) electrons. The summed E-state index contributed by atoms with van der Waals surface area (Å²) in [5.41, 5.74) is -0.256. The van der Waals surface area contributed by atoms with Gasteiger partial charge >= 0.3 is 0 Å². The van der Waals surface area contributed by atoms with Gasteiger partial charge in [0.1, 0.15) is 5.60 Å². The number of guanidine groups is 1. The molecule has 1 fully saturated rings. The Morgan fingerprint density at radius 2 is 2.08 bits per heavy atom.